The SMILES string of the molecule is CN1CCN(CC[C@H]2CCCCN2)CC1. The van der Waals surface area contributed by atoms with E-state index >= 15 is 0 Å². The Morgan fingerprint density at radius 2 is 1.93 bits per heavy atom. The van der Waals surface area contributed by atoms with E-state index in [1.807, 2.05) is 0 Å². The first-order valence-electron chi connectivity index (χ1n) is 6.49. The van der Waals surface area contributed by atoms with Crippen LogP contribution in [0.1, 0.15) is 25.7 Å². The van der Waals surface area contributed by atoms with E-state index in [1.165, 1.54) is 65.0 Å². The molecular weight excluding hydrogens is 186 g/mol. The lowest BCUT2D eigenvalue weighted by Gasteiger charge is -2.33. The van der Waals surface area contributed by atoms with Crippen LogP contribution in [0.2, 0.25) is 0 Å². The molecule has 0 bridgehead atoms. The molecule has 0 aromatic heterocycles. The molecule has 3 nitrogen and oxygen atoms in total. The third kappa shape index (κ3) is 3.74. The molecule has 3 heteroatoms. The van der Waals surface area contributed by atoms with E-state index in [9.17, 15) is 0 Å². The summed E-state index contributed by atoms with van der Waals surface area (Å²) >= 11 is 0. The van der Waals surface area contributed by atoms with Gasteiger partial charge in [0, 0.05) is 32.2 Å². The predicted molar refractivity (Wildman–Crippen MR) is 64.2 cm³/mol. The second-order valence-electron chi connectivity index (χ2n) is 5.08. The lowest BCUT2D eigenvalue weighted by atomic mass is 10.0. The molecule has 0 aromatic carbocycles. The lowest BCUT2D eigenvalue weighted by molar-refractivity contribution is 0.147. The highest BCUT2D eigenvalue weighted by Crippen LogP contribution is 2.11. The Kier molecular flexibility index (Phi) is 4.42. The van der Waals surface area contributed by atoms with Crippen molar-refractivity contribution in [2.24, 2.45) is 0 Å². The minimum absolute atomic E-state index is 0.804. The van der Waals surface area contributed by atoms with Gasteiger partial charge in [0.2, 0.25) is 0 Å². The molecule has 0 unspecified atom stereocenters. The van der Waals surface area contributed by atoms with E-state index < -0.39 is 0 Å². The smallest absolute Gasteiger partial charge is 0.0110 e. The minimum atomic E-state index is 0.804. The van der Waals surface area contributed by atoms with Crippen molar-refractivity contribution in [2.45, 2.75) is 31.7 Å². The van der Waals surface area contributed by atoms with Gasteiger partial charge in [-0.1, -0.05) is 6.42 Å². The number of piperidine rings is 1. The Bertz CT molecular complexity index is 170. The topological polar surface area (TPSA) is 18.5 Å². The average Bonchev–Trinajstić information content (AvgIpc) is 2.30. The van der Waals surface area contributed by atoms with Gasteiger partial charge in [-0.2, -0.15) is 0 Å². The molecule has 0 aromatic rings. The van der Waals surface area contributed by atoms with Gasteiger partial charge in [-0.25, -0.2) is 0 Å². The zero-order valence-corrected chi connectivity index (χ0v) is 10.0. The molecule has 1 atom stereocenters. The number of nitrogens with zero attached hydrogens (tertiary/aromatic N) is 2. The van der Waals surface area contributed by atoms with E-state index in [-0.39, 0.29) is 0 Å². The van der Waals surface area contributed by atoms with Crippen LogP contribution in [0, 0.1) is 0 Å². The van der Waals surface area contributed by atoms with Crippen LogP contribution in [0.5, 0.6) is 0 Å². The third-order valence-electron chi connectivity index (χ3n) is 3.80. The summed E-state index contributed by atoms with van der Waals surface area (Å²) < 4.78 is 0. The van der Waals surface area contributed by atoms with Crippen LogP contribution >= 0.6 is 0 Å². The molecule has 2 fully saturated rings. The summed E-state index contributed by atoms with van der Waals surface area (Å²) in [6, 6.07) is 0.804. The summed E-state index contributed by atoms with van der Waals surface area (Å²) in [7, 11) is 2.22. The van der Waals surface area contributed by atoms with Gasteiger partial charge in [0.25, 0.3) is 0 Å². The zero-order chi connectivity index (χ0) is 10.5. The molecule has 2 aliphatic heterocycles. The Hall–Kier alpha value is -0.120. The fraction of sp³-hybridized carbons (Fsp3) is 1.00. The second-order valence-corrected chi connectivity index (χ2v) is 5.08. The molecule has 0 radical (unpaired) electrons. The van der Waals surface area contributed by atoms with Crippen LogP contribution < -0.4 is 5.32 Å². The van der Waals surface area contributed by atoms with Gasteiger partial charge >= 0.3 is 0 Å². The molecule has 0 aliphatic carbocycles. The Morgan fingerprint density at radius 3 is 2.60 bits per heavy atom. The molecule has 0 spiro atoms. The molecular formula is C12H25N3. The monoisotopic (exact) mass is 211 g/mol. The molecule has 15 heavy (non-hydrogen) atoms. The van der Waals surface area contributed by atoms with Crippen LogP contribution in [-0.4, -0.2) is 62.2 Å². The second kappa shape index (κ2) is 5.83. The first-order chi connectivity index (χ1) is 7.34. The van der Waals surface area contributed by atoms with Crippen molar-refractivity contribution in [1.29, 1.82) is 0 Å². The highest BCUT2D eigenvalue weighted by Gasteiger charge is 2.16. The molecule has 2 saturated heterocycles. The van der Waals surface area contributed by atoms with Crippen LogP contribution in [0.3, 0.4) is 0 Å². The Balaban J connectivity index is 1.60. The maximum atomic E-state index is 3.63. The van der Waals surface area contributed by atoms with Crippen molar-refractivity contribution < 1.29 is 0 Å². The van der Waals surface area contributed by atoms with Crippen LogP contribution in [0.4, 0.5) is 0 Å². The number of nitrogens with one attached hydrogen (secondary N) is 1. The van der Waals surface area contributed by atoms with Gasteiger partial charge in [-0.15, -0.1) is 0 Å². The average molecular weight is 211 g/mol. The number of likely N-dealkylation sites (N-methyl/N-ethyl adjacent to an activating group) is 1. The van der Waals surface area contributed by atoms with Crippen molar-refractivity contribution in [2.75, 3.05) is 46.3 Å². The molecule has 88 valence electrons. The molecule has 2 heterocycles. The fourth-order valence-electron chi connectivity index (χ4n) is 2.58. The van der Waals surface area contributed by atoms with E-state index in [2.05, 4.69) is 22.2 Å². The number of rotatable bonds is 3. The first-order valence-corrected chi connectivity index (χ1v) is 6.49. The van der Waals surface area contributed by atoms with Gasteiger partial charge in [0.15, 0.2) is 0 Å². The summed E-state index contributed by atoms with van der Waals surface area (Å²) in [5.41, 5.74) is 0. The van der Waals surface area contributed by atoms with Crippen LogP contribution in [0.15, 0.2) is 0 Å². The zero-order valence-electron chi connectivity index (χ0n) is 10.0. The van der Waals surface area contributed by atoms with Gasteiger partial charge in [0.05, 0.1) is 0 Å². The maximum Gasteiger partial charge on any atom is 0.0110 e. The number of hydrogen-bond acceptors (Lipinski definition) is 3. The van der Waals surface area contributed by atoms with Crippen molar-refractivity contribution in [3.05, 3.63) is 0 Å². The Morgan fingerprint density at radius 1 is 1.13 bits per heavy atom. The molecule has 0 saturated carbocycles. The van der Waals surface area contributed by atoms with Crippen LogP contribution in [0.25, 0.3) is 0 Å². The summed E-state index contributed by atoms with van der Waals surface area (Å²) in [5, 5.41) is 3.63. The van der Waals surface area contributed by atoms with Gasteiger partial charge in [-0.05, 0) is 39.4 Å². The standard InChI is InChI=1S/C12H25N3/c1-14-8-10-15(11-9-14)7-5-12-4-2-3-6-13-12/h12-13H,2-11H2,1H3/t12-/m1/s1. The Labute approximate surface area is 93.8 Å². The first kappa shape index (κ1) is 11.4. The molecule has 2 rings (SSSR count). The van der Waals surface area contributed by atoms with Crippen molar-refractivity contribution in [3.8, 4) is 0 Å². The number of piperazine rings is 1. The molecule has 2 aliphatic rings. The highest BCUT2D eigenvalue weighted by molar-refractivity contribution is 4.76. The van der Waals surface area contributed by atoms with Crippen molar-refractivity contribution in [1.82, 2.24) is 15.1 Å². The maximum absolute atomic E-state index is 3.63. The van der Waals surface area contributed by atoms with E-state index in [0.29, 0.717) is 0 Å². The van der Waals surface area contributed by atoms with Crippen LogP contribution in [-0.2, 0) is 0 Å². The molecule has 0 amide bonds. The van der Waals surface area contributed by atoms with Gasteiger partial charge in [0.1, 0.15) is 0 Å². The fourth-order valence-corrected chi connectivity index (χ4v) is 2.58. The van der Waals surface area contributed by atoms with E-state index in [0.717, 1.165) is 6.04 Å². The van der Waals surface area contributed by atoms with Crippen molar-refractivity contribution >= 4 is 0 Å². The number of hydrogen-bond donors (Lipinski definition) is 1. The quantitative estimate of drug-likeness (QED) is 0.744. The normalized spacial score (nSPS) is 30.6. The predicted octanol–water partition coefficient (Wildman–Crippen LogP) is 0.766. The van der Waals surface area contributed by atoms with Gasteiger partial charge < -0.3 is 15.1 Å². The lowest BCUT2D eigenvalue weighted by Crippen LogP contribution is -2.46. The van der Waals surface area contributed by atoms with Crippen molar-refractivity contribution in [3.63, 3.8) is 0 Å². The third-order valence-corrected chi connectivity index (χ3v) is 3.80. The summed E-state index contributed by atoms with van der Waals surface area (Å²) in [6.07, 6.45) is 5.56. The summed E-state index contributed by atoms with van der Waals surface area (Å²) in [5.74, 6) is 0. The van der Waals surface area contributed by atoms with Gasteiger partial charge in [-0.3, -0.25) is 0 Å². The molecule has 1 N–H and O–H groups in total. The largest absolute Gasteiger partial charge is 0.314 e. The van der Waals surface area contributed by atoms with E-state index in [1.54, 1.807) is 0 Å². The van der Waals surface area contributed by atoms with E-state index in [4.69, 9.17) is 0 Å². The minimum Gasteiger partial charge on any atom is -0.314 e. The summed E-state index contributed by atoms with van der Waals surface area (Å²) in [4.78, 5) is 5.05. The highest BCUT2D eigenvalue weighted by atomic mass is 15.2. The summed E-state index contributed by atoms with van der Waals surface area (Å²) in [6.45, 7) is 7.57.